The fraction of sp³-hybridized carbons (Fsp3) is 0.286. The molecule has 0 aliphatic carbocycles. The van der Waals surface area contributed by atoms with Crippen molar-refractivity contribution in [1.29, 1.82) is 0 Å². The van der Waals surface area contributed by atoms with E-state index in [1.165, 1.54) is 0 Å². The number of amides is 3. The number of aromatic amines is 1. The highest BCUT2D eigenvalue weighted by atomic mass is 35.5. The van der Waals surface area contributed by atoms with Crippen LogP contribution >= 0.6 is 11.6 Å². The molecule has 8 nitrogen and oxygen atoms in total. The summed E-state index contributed by atoms with van der Waals surface area (Å²) in [6.07, 6.45) is 3.25. The SMILES string of the molecule is CC1=N/C(=C\c2ccc(Cl)ccc[nH]c2O)C(C)=C1C(=O)NCCN1CCNC1=O. The minimum atomic E-state index is -0.244. The Morgan fingerprint density at radius 2 is 2.17 bits per heavy atom. The van der Waals surface area contributed by atoms with Gasteiger partial charge < -0.3 is 25.6 Å². The Kier molecular flexibility index (Phi) is 6.79. The second kappa shape index (κ2) is 9.49. The lowest BCUT2D eigenvalue weighted by molar-refractivity contribution is -0.117. The average Bonchev–Trinajstić information content (AvgIpc) is 3.25. The van der Waals surface area contributed by atoms with Crippen LogP contribution in [0.15, 0.2) is 52.3 Å². The molecule has 30 heavy (non-hydrogen) atoms. The highest BCUT2D eigenvalue weighted by Crippen LogP contribution is 2.28. The first kappa shape index (κ1) is 21.4. The van der Waals surface area contributed by atoms with E-state index in [1.54, 1.807) is 48.4 Å². The van der Waals surface area contributed by atoms with Crippen molar-refractivity contribution in [1.82, 2.24) is 20.5 Å². The van der Waals surface area contributed by atoms with Gasteiger partial charge in [0, 0.05) is 43.0 Å². The number of allylic oxidation sites excluding steroid dienone is 1. The number of rotatable bonds is 5. The van der Waals surface area contributed by atoms with Crippen LogP contribution in [0.4, 0.5) is 4.79 Å². The van der Waals surface area contributed by atoms with Gasteiger partial charge in [0.2, 0.25) is 0 Å². The molecule has 0 unspecified atom stereocenters. The molecule has 1 aromatic heterocycles. The molecule has 1 aromatic rings. The molecule has 0 aromatic carbocycles. The summed E-state index contributed by atoms with van der Waals surface area (Å²) in [5, 5.41) is 16.4. The molecule has 3 amide bonds. The number of H-pyrrole nitrogens is 1. The second-order valence-corrected chi connectivity index (χ2v) is 7.33. The molecule has 4 N–H and O–H groups in total. The number of nitrogens with one attached hydrogen (secondary N) is 3. The van der Waals surface area contributed by atoms with Crippen molar-refractivity contribution in [3.8, 4) is 5.88 Å². The first-order chi connectivity index (χ1) is 14.4. The van der Waals surface area contributed by atoms with Crippen molar-refractivity contribution in [2.24, 2.45) is 4.99 Å². The van der Waals surface area contributed by atoms with E-state index in [-0.39, 0.29) is 17.8 Å². The van der Waals surface area contributed by atoms with E-state index in [1.807, 2.05) is 6.92 Å². The number of carbonyl (C=O) groups is 2. The molecule has 0 saturated carbocycles. The van der Waals surface area contributed by atoms with Gasteiger partial charge in [-0.05, 0) is 49.8 Å². The van der Waals surface area contributed by atoms with Gasteiger partial charge in [0.1, 0.15) is 0 Å². The predicted octanol–water partition coefficient (Wildman–Crippen LogP) is 2.77. The number of halogens is 1. The van der Waals surface area contributed by atoms with E-state index in [0.717, 1.165) is 0 Å². The van der Waals surface area contributed by atoms with Crippen LogP contribution in [0, 0.1) is 0 Å². The fourth-order valence-electron chi connectivity index (χ4n) is 3.23. The maximum absolute atomic E-state index is 12.7. The van der Waals surface area contributed by atoms with Gasteiger partial charge in [-0.15, -0.1) is 0 Å². The Hall–Kier alpha value is -3.26. The molecule has 2 aliphatic rings. The lowest BCUT2D eigenvalue weighted by atomic mass is 10.0. The van der Waals surface area contributed by atoms with Gasteiger partial charge in [0.15, 0.2) is 5.88 Å². The summed E-state index contributed by atoms with van der Waals surface area (Å²) in [7, 11) is 0. The number of aliphatic imine (C=N–C) groups is 1. The Morgan fingerprint density at radius 3 is 2.90 bits per heavy atom. The zero-order valence-electron chi connectivity index (χ0n) is 16.8. The van der Waals surface area contributed by atoms with Crippen LogP contribution in [-0.2, 0) is 4.79 Å². The van der Waals surface area contributed by atoms with Crippen LogP contribution in [0.2, 0.25) is 5.02 Å². The highest BCUT2D eigenvalue weighted by molar-refractivity contribution is 6.30. The van der Waals surface area contributed by atoms with E-state index in [2.05, 4.69) is 20.6 Å². The molecule has 9 heteroatoms. The fourth-order valence-corrected chi connectivity index (χ4v) is 3.37. The van der Waals surface area contributed by atoms with Crippen LogP contribution in [0.3, 0.4) is 0 Å². The number of nitrogens with zero attached hydrogens (tertiary/aromatic N) is 2. The molecule has 3 rings (SSSR count). The first-order valence-electron chi connectivity index (χ1n) is 9.56. The summed E-state index contributed by atoms with van der Waals surface area (Å²) in [5.41, 5.74) is 2.83. The second-order valence-electron chi connectivity index (χ2n) is 6.89. The van der Waals surface area contributed by atoms with Crippen molar-refractivity contribution < 1.29 is 14.7 Å². The van der Waals surface area contributed by atoms with Gasteiger partial charge in [-0.25, -0.2) is 4.79 Å². The molecule has 0 spiro atoms. The lowest BCUT2D eigenvalue weighted by Gasteiger charge is -2.14. The number of aromatic nitrogens is 1. The van der Waals surface area contributed by atoms with Crippen LogP contribution < -0.4 is 10.6 Å². The molecular formula is C21H24ClN5O3. The third-order valence-electron chi connectivity index (χ3n) is 4.81. The molecule has 0 atom stereocenters. The first-order valence-corrected chi connectivity index (χ1v) is 9.94. The maximum Gasteiger partial charge on any atom is 0.317 e. The van der Waals surface area contributed by atoms with Gasteiger partial charge in [-0.2, -0.15) is 0 Å². The Bertz CT molecular complexity index is 1010. The quantitative estimate of drug-likeness (QED) is 0.577. The molecule has 1 saturated heterocycles. The Morgan fingerprint density at radius 1 is 1.37 bits per heavy atom. The summed E-state index contributed by atoms with van der Waals surface area (Å²) < 4.78 is 0. The van der Waals surface area contributed by atoms with E-state index >= 15 is 0 Å². The molecule has 1 fully saturated rings. The summed E-state index contributed by atoms with van der Waals surface area (Å²) in [6, 6.07) is 6.58. The summed E-state index contributed by atoms with van der Waals surface area (Å²) in [5.74, 6) is -0.302. The molecule has 3 heterocycles. The van der Waals surface area contributed by atoms with E-state index < -0.39 is 0 Å². The van der Waals surface area contributed by atoms with Crippen LogP contribution in [0.25, 0.3) is 6.08 Å². The zero-order valence-corrected chi connectivity index (χ0v) is 17.6. The summed E-state index contributed by atoms with van der Waals surface area (Å²) in [4.78, 5) is 33.2. The van der Waals surface area contributed by atoms with Crippen molar-refractivity contribution in [2.75, 3.05) is 26.2 Å². The largest absolute Gasteiger partial charge is 0.494 e. The summed E-state index contributed by atoms with van der Waals surface area (Å²) in [6.45, 7) is 5.64. The van der Waals surface area contributed by atoms with E-state index in [0.29, 0.717) is 59.3 Å². The highest BCUT2D eigenvalue weighted by Gasteiger charge is 2.24. The van der Waals surface area contributed by atoms with Gasteiger partial charge in [-0.3, -0.25) is 9.79 Å². The summed E-state index contributed by atoms with van der Waals surface area (Å²) >= 11 is 6.07. The molecular weight excluding hydrogens is 406 g/mol. The Balaban J connectivity index is 1.79. The average molecular weight is 430 g/mol. The standard InChI is InChI=1S/C21H24ClN5O3/c1-13-17(12-15-5-6-16(22)4-3-7-23-19(15)28)26-14(2)18(13)20(29)24-8-10-27-11-9-25-21(27)30/h3-7,12,23,28H,8-11H2,1-2H3,(H,24,29)(H,25,30)/b6-5?,7-3?,16-4?,17-12-,19-15?. The van der Waals surface area contributed by atoms with Crippen LogP contribution in [-0.4, -0.2) is 58.8 Å². The monoisotopic (exact) mass is 429 g/mol. The maximum atomic E-state index is 12.7. The lowest BCUT2D eigenvalue weighted by Crippen LogP contribution is -2.37. The van der Waals surface area contributed by atoms with Crippen LogP contribution in [0.1, 0.15) is 19.4 Å². The zero-order chi connectivity index (χ0) is 21.7. The van der Waals surface area contributed by atoms with Gasteiger partial charge >= 0.3 is 6.03 Å². The topological polar surface area (TPSA) is 110 Å². The van der Waals surface area contributed by atoms with Gasteiger partial charge in [0.25, 0.3) is 5.91 Å². The van der Waals surface area contributed by atoms with Crippen molar-refractivity contribution in [3.63, 3.8) is 0 Å². The van der Waals surface area contributed by atoms with Gasteiger partial charge in [-0.1, -0.05) is 11.6 Å². The predicted molar refractivity (Wildman–Crippen MR) is 117 cm³/mol. The molecule has 2 aliphatic heterocycles. The van der Waals surface area contributed by atoms with Crippen molar-refractivity contribution in [2.45, 2.75) is 13.8 Å². The number of aromatic hydroxyl groups is 1. The Labute approximate surface area is 179 Å². The van der Waals surface area contributed by atoms with Crippen LogP contribution in [0.5, 0.6) is 5.88 Å². The number of carbonyl (C=O) groups excluding carboxylic acids is 2. The van der Waals surface area contributed by atoms with Gasteiger partial charge in [0.05, 0.1) is 17.0 Å². The van der Waals surface area contributed by atoms with E-state index in [4.69, 9.17) is 11.6 Å². The molecule has 0 bridgehead atoms. The number of hydrogen-bond acceptors (Lipinski definition) is 4. The van der Waals surface area contributed by atoms with Crippen molar-refractivity contribution in [3.05, 3.63) is 57.9 Å². The minimum Gasteiger partial charge on any atom is -0.494 e. The smallest absolute Gasteiger partial charge is 0.317 e. The molecule has 0 radical (unpaired) electrons. The van der Waals surface area contributed by atoms with E-state index in [9.17, 15) is 14.7 Å². The number of urea groups is 1. The normalized spacial score (nSPS) is 17.2. The minimum absolute atomic E-state index is 0.0581. The third kappa shape index (κ3) is 5.01. The third-order valence-corrected chi connectivity index (χ3v) is 5.06. The molecule has 158 valence electrons. The number of hydrogen-bond donors (Lipinski definition) is 4. The van der Waals surface area contributed by atoms with Crippen molar-refractivity contribution >= 4 is 35.3 Å².